The number of fused-ring (bicyclic) bond motifs is 4. The molecule has 11 aromatic rings. The lowest BCUT2D eigenvalue weighted by atomic mass is 9.92. The Balaban J connectivity index is 0.000000165. The van der Waals surface area contributed by atoms with Crippen LogP contribution >= 0.6 is 0 Å². The summed E-state index contributed by atoms with van der Waals surface area (Å²) in [6, 6.07) is 77.9. The van der Waals surface area contributed by atoms with Crippen molar-refractivity contribution in [2.24, 2.45) is 10.7 Å². The summed E-state index contributed by atoms with van der Waals surface area (Å²) in [5.74, 6) is 8.43. The highest BCUT2D eigenvalue weighted by Gasteiger charge is 2.36. The van der Waals surface area contributed by atoms with Gasteiger partial charge in [0.2, 0.25) is 5.91 Å². The second-order valence-electron chi connectivity index (χ2n) is 34.0. The summed E-state index contributed by atoms with van der Waals surface area (Å²) in [6.45, 7) is 27.6. The summed E-state index contributed by atoms with van der Waals surface area (Å²) in [5.41, 5.74) is 22.5. The van der Waals surface area contributed by atoms with Gasteiger partial charge in [-0.1, -0.05) is 194 Å². The first-order chi connectivity index (χ1) is 63.7. The fraction of sp³-hybridized carbons (Fsp3) is 0.358. The van der Waals surface area contributed by atoms with Crippen LogP contribution in [-0.2, 0) is 85.8 Å². The molecule has 3 atom stereocenters. The van der Waals surface area contributed by atoms with Crippen molar-refractivity contribution >= 4 is 23.8 Å². The maximum atomic E-state index is 12.6. The Morgan fingerprint density at radius 1 is 0.417 bits per heavy atom. The third-order valence-electron chi connectivity index (χ3n) is 22.4. The Morgan fingerprint density at radius 3 is 1.14 bits per heavy atom. The van der Waals surface area contributed by atoms with E-state index in [1.165, 1.54) is 29.2 Å². The van der Waals surface area contributed by atoms with E-state index in [9.17, 15) is 19.5 Å². The van der Waals surface area contributed by atoms with Crippen LogP contribution in [-0.4, -0.2) is 132 Å². The van der Waals surface area contributed by atoms with Crippen molar-refractivity contribution in [2.75, 3.05) is 81.9 Å². The molecule has 132 heavy (non-hydrogen) atoms. The minimum atomic E-state index is -0.510. The molecular weight excluding hydrogens is 1670 g/mol. The summed E-state index contributed by atoms with van der Waals surface area (Å²) >= 11 is 0. The molecule has 11 aromatic carbocycles. The van der Waals surface area contributed by atoms with Crippen LogP contribution in [0.5, 0.6) is 69.0 Å². The molecule has 15 rings (SSSR count). The molecule has 4 heterocycles. The number of carbonyl (C=O) groups excluding carboxylic acids is 3. The highest BCUT2D eigenvalue weighted by atomic mass is 16.6. The molecular formula is C109H132N6O17. The predicted octanol–water partition coefficient (Wildman–Crippen LogP) is 21.2. The number of amides is 3. The van der Waals surface area contributed by atoms with Gasteiger partial charge in [0.1, 0.15) is 44.2 Å². The molecule has 0 aromatic heterocycles. The van der Waals surface area contributed by atoms with E-state index in [1.54, 1.807) is 58.5 Å². The Bertz CT molecular complexity index is 5520. The second kappa shape index (κ2) is 50.1. The number of nitrogens with zero attached hydrogens (tertiary/aromatic N) is 3. The summed E-state index contributed by atoms with van der Waals surface area (Å²) in [7, 11) is 9.91. The molecule has 23 heteroatoms. The average molecular weight is 1800 g/mol. The number of aliphatic imine (C=N–C) groups is 1. The molecule has 0 spiro atoms. The number of rotatable bonds is 26. The standard InChI is InChI=1S/C23H29NO4.C18H21NO3.C18H21NO2.C18H19NO2.C16H23NO4.C16H19NO2/c1-16-18-11-12-20(27-15-17-9-7-6-8-10-17)21(26-5)19(18)13-14-24(16)22(25)28-23(2,3)4;1-14(20)19-12-11-16-9-6-10-17(18(16)21-2)22-13-15-7-4-3-5-8-15;2*1-13-15-8-9-17(18(20-2)16(15)10-11-19-13)21-12-14-6-4-3-5-7-14;1-10-11-6-7-13(18)14(20-5)12(11)8-9-17(10)15(19)21-16(2,3)4;1-18-16-14(10-11-17)8-5-9-15(16)19-12-13-6-3-2-4-7-13/h6-12,16H,13-15H2,1-5H3;3-10H,11-13H2,1-2H3,(H,19,20);3-9,13,19H,10-12H2,1-2H3;3-9H,10-12H2,1-2H3;6-7,10,18H,8-9H2,1-5H3;2-9H,10-12,17H2,1H3. The van der Waals surface area contributed by atoms with Crippen molar-refractivity contribution < 1.29 is 81.1 Å². The lowest BCUT2D eigenvalue weighted by Crippen LogP contribution is -2.42. The minimum absolute atomic E-state index is 0.0320. The Kier molecular flexibility index (Phi) is 38.3. The quantitative estimate of drug-likeness (QED) is 0.0393. The van der Waals surface area contributed by atoms with Gasteiger partial charge in [-0.05, 0) is 219 Å². The van der Waals surface area contributed by atoms with Gasteiger partial charge in [-0.2, -0.15) is 0 Å². The van der Waals surface area contributed by atoms with E-state index in [0.717, 1.165) is 151 Å². The molecule has 3 unspecified atom stereocenters. The van der Waals surface area contributed by atoms with E-state index in [-0.39, 0.29) is 35.9 Å². The fourth-order valence-corrected chi connectivity index (χ4v) is 16.0. The molecule has 0 bridgehead atoms. The maximum Gasteiger partial charge on any atom is 0.410 e. The number of aromatic hydroxyl groups is 1. The van der Waals surface area contributed by atoms with Gasteiger partial charge in [0.05, 0.1) is 54.7 Å². The summed E-state index contributed by atoms with van der Waals surface area (Å²) in [6.07, 6.45) is 4.10. The van der Waals surface area contributed by atoms with E-state index >= 15 is 0 Å². The highest BCUT2D eigenvalue weighted by molar-refractivity contribution is 6.01. The minimum Gasteiger partial charge on any atom is -0.504 e. The zero-order valence-electron chi connectivity index (χ0n) is 79.7. The predicted molar refractivity (Wildman–Crippen MR) is 520 cm³/mol. The van der Waals surface area contributed by atoms with E-state index in [1.807, 2.05) is 256 Å². The first-order valence-electron chi connectivity index (χ1n) is 45.0. The van der Waals surface area contributed by atoms with Gasteiger partial charge < -0.3 is 92.9 Å². The molecule has 4 aliphatic heterocycles. The van der Waals surface area contributed by atoms with Gasteiger partial charge in [0, 0.05) is 72.7 Å². The van der Waals surface area contributed by atoms with E-state index in [4.69, 9.17) is 67.3 Å². The summed E-state index contributed by atoms with van der Waals surface area (Å²) in [4.78, 5) is 43.8. The summed E-state index contributed by atoms with van der Waals surface area (Å²) in [5, 5.41) is 16.1. The van der Waals surface area contributed by atoms with Gasteiger partial charge in [-0.3, -0.25) is 9.79 Å². The molecule has 0 saturated carbocycles. The molecule has 0 aliphatic carbocycles. The van der Waals surface area contributed by atoms with Crippen molar-refractivity contribution in [2.45, 2.75) is 177 Å². The third-order valence-corrected chi connectivity index (χ3v) is 22.4. The van der Waals surface area contributed by atoms with Crippen LogP contribution in [0.15, 0.2) is 242 Å². The molecule has 4 aliphatic rings. The number of phenolic OH excluding ortho intramolecular Hbond substituents is 1. The number of nitrogens with one attached hydrogen (secondary N) is 2. The van der Waals surface area contributed by atoms with Crippen molar-refractivity contribution in [3.63, 3.8) is 0 Å². The lowest BCUT2D eigenvalue weighted by Gasteiger charge is -2.37. The largest absolute Gasteiger partial charge is 0.504 e. The van der Waals surface area contributed by atoms with Crippen LogP contribution in [0.4, 0.5) is 9.59 Å². The number of methoxy groups -OCH3 is 6. The molecule has 3 amide bonds. The van der Waals surface area contributed by atoms with Crippen molar-refractivity contribution in [1.29, 1.82) is 0 Å². The van der Waals surface area contributed by atoms with E-state index in [0.29, 0.717) is 96.0 Å². The normalized spacial score (nSPS) is 14.3. The third kappa shape index (κ3) is 28.8. The molecule has 0 fully saturated rings. The van der Waals surface area contributed by atoms with E-state index in [2.05, 4.69) is 58.9 Å². The zero-order valence-corrected chi connectivity index (χ0v) is 79.7. The monoisotopic (exact) mass is 1800 g/mol. The van der Waals surface area contributed by atoms with Gasteiger partial charge in [0.15, 0.2) is 69.0 Å². The number of benzene rings is 11. The Morgan fingerprint density at radius 2 is 0.765 bits per heavy atom. The zero-order chi connectivity index (χ0) is 94.7. The first-order valence-corrected chi connectivity index (χ1v) is 45.0. The lowest BCUT2D eigenvalue weighted by molar-refractivity contribution is -0.118. The number of carbonyl (C=O) groups is 3. The number of para-hydroxylation sites is 2. The van der Waals surface area contributed by atoms with Gasteiger partial charge in [0.25, 0.3) is 0 Å². The number of hydrogen-bond donors (Lipinski definition) is 4. The van der Waals surface area contributed by atoms with Crippen LogP contribution in [0, 0.1) is 0 Å². The molecule has 23 nitrogen and oxygen atoms in total. The Labute approximate surface area is 779 Å². The Hall–Kier alpha value is -13.4. The maximum absolute atomic E-state index is 12.6. The van der Waals surface area contributed by atoms with Gasteiger partial charge in [-0.15, -0.1) is 0 Å². The first kappa shape index (κ1) is 101. The molecule has 700 valence electrons. The van der Waals surface area contributed by atoms with Crippen LogP contribution in [0.3, 0.4) is 0 Å². The second-order valence-corrected chi connectivity index (χ2v) is 34.0. The average Bonchev–Trinajstić information content (AvgIpc) is 0.775. The smallest absolute Gasteiger partial charge is 0.410 e. The molecule has 0 saturated heterocycles. The summed E-state index contributed by atoms with van der Waals surface area (Å²) < 4.78 is 73.8. The van der Waals surface area contributed by atoms with Crippen molar-refractivity contribution in [3.8, 4) is 69.0 Å². The number of phenols is 1. The van der Waals surface area contributed by atoms with Crippen LogP contribution in [0.1, 0.15) is 178 Å². The van der Waals surface area contributed by atoms with Crippen molar-refractivity contribution in [1.82, 2.24) is 20.4 Å². The van der Waals surface area contributed by atoms with Crippen molar-refractivity contribution in [3.05, 3.63) is 320 Å². The number of ether oxygens (including phenoxy) is 13. The van der Waals surface area contributed by atoms with E-state index < -0.39 is 11.2 Å². The molecule has 0 radical (unpaired) electrons. The number of hydrogen-bond acceptors (Lipinski definition) is 20. The van der Waals surface area contributed by atoms with Crippen LogP contribution in [0.2, 0.25) is 0 Å². The SMILES string of the molecule is COc1c(CCN)cccc1OCc1ccccc1.COc1c(CCNC(C)=O)cccc1OCc1ccccc1.COc1c(O)ccc2c1CCN(C(=O)OC(C)(C)C)C2C.COc1c(OCc2ccccc2)ccc2c1CCN(C(=O)OC(C)(C)C)C2C.COc1c(OCc2ccccc2)ccc2c1CCN=C2C.COc1c(OCc2ccccc2)ccc2c1CCNC2C. The van der Waals surface area contributed by atoms with Crippen LogP contribution < -0.4 is 68.5 Å². The highest BCUT2D eigenvalue weighted by Crippen LogP contribution is 2.45. The molecule has 5 N–H and O–H groups in total. The number of nitrogens with two attached hydrogens (primary N) is 1. The fourth-order valence-electron chi connectivity index (χ4n) is 16.0. The van der Waals surface area contributed by atoms with Gasteiger partial charge in [-0.25, -0.2) is 9.59 Å². The van der Waals surface area contributed by atoms with Crippen LogP contribution in [0.25, 0.3) is 0 Å². The van der Waals surface area contributed by atoms with Gasteiger partial charge >= 0.3 is 12.2 Å². The topological polar surface area (TPSA) is 260 Å².